The number of sulfonamides is 1. The lowest BCUT2D eigenvalue weighted by Gasteiger charge is -2.16. The van der Waals surface area contributed by atoms with Crippen molar-refractivity contribution in [2.24, 2.45) is 0 Å². The molecule has 2 aromatic rings. The summed E-state index contributed by atoms with van der Waals surface area (Å²) in [4.78, 5) is 1.49. The largest absolute Gasteiger partial charge is 0.243 e. The van der Waals surface area contributed by atoms with E-state index in [1.54, 1.807) is 12.4 Å². The van der Waals surface area contributed by atoms with Crippen LogP contribution in [0.1, 0.15) is 12.5 Å². The molecule has 0 unspecified atom stereocenters. The van der Waals surface area contributed by atoms with Crippen LogP contribution in [0.2, 0.25) is 0 Å². The Labute approximate surface area is 115 Å². The molecule has 106 valence electrons. The normalized spacial score (nSPS) is 20.4. The van der Waals surface area contributed by atoms with Crippen molar-refractivity contribution in [1.82, 2.24) is 19.3 Å². The Morgan fingerprint density at radius 2 is 2.00 bits per heavy atom. The number of hydrogen-bond donors (Lipinski definition) is 0. The first-order valence-corrected chi connectivity index (χ1v) is 7.63. The van der Waals surface area contributed by atoms with Crippen LogP contribution in [-0.2, 0) is 10.0 Å². The summed E-state index contributed by atoms with van der Waals surface area (Å²) in [5, 5.41) is 8.05. The van der Waals surface area contributed by atoms with Crippen molar-refractivity contribution in [1.29, 1.82) is 0 Å². The molecule has 0 radical (unpaired) electrons. The molecule has 0 saturated carbocycles. The van der Waals surface area contributed by atoms with Crippen LogP contribution in [0.3, 0.4) is 0 Å². The van der Waals surface area contributed by atoms with Crippen LogP contribution < -0.4 is 0 Å². The van der Waals surface area contributed by atoms with Crippen LogP contribution in [0.15, 0.2) is 41.6 Å². The zero-order valence-corrected chi connectivity index (χ0v) is 11.4. The zero-order valence-electron chi connectivity index (χ0n) is 10.6. The van der Waals surface area contributed by atoms with E-state index in [1.807, 2.05) is 0 Å². The molecule has 1 aliphatic rings. The van der Waals surface area contributed by atoms with Crippen molar-refractivity contribution < 1.29 is 12.8 Å². The van der Waals surface area contributed by atoms with Crippen molar-refractivity contribution >= 4 is 10.0 Å². The second-order valence-corrected chi connectivity index (χ2v) is 6.55. The van der Waals surface area contributed by atoms with Crippen LogP contribution in [0.5, 0.6) is 0 Å². The Kier molecular flexibility index (Phi) is 3.27. The van der Waals surface area contributed by atoms with E-state index in [9.17, 15) is 12.8 Å². The highest BCUT2D eigenvalue weighted by molar-refractivity contribution is 7.89. The van der Waals surface area contributed by atoms with Crippen molar-refractivity contribution in [2.45, 2.75) is 17.4 Å². The molecule has 0 aliphatic carbocycles. The van der Waals surface area contributed by atoms with Crippen LogP contribution in [0, 0.1) is 5.82 Å². The van der Waals surface area contributed by atoms with E-state index in [4.69, 9.17) is 0 Å². The number of hydrogen-bond acceptors (Lipinski definition) is 4. The molecule has 1 aromatic heterocycles. The lowest BCUT2D eigenvalue weighted by Crippen LogP contribution is -2.29. The van der Waals surface area contributed by atoms with Gasteiger partial charge in [0.2, 0.25) is 10.0 Å². The minimum absolute atomic E-state index is 0.0217. The monoisotopic (exact) mass is 296 g/mol. The van der Waals surface area contributed by atoms with Gasteiger partial charge in [-0.2, -0.15) is 19.3 Å². The predicted molar refractivity (Wildman–Crippen MR) is 68.8 cm³/mol. The van der Waals surface area contributed by atoms with Gasteiger partial charge in [0.15, 0.2) is 0 Å². The Morgan fingerprint density at radius 3 is 2.70 bits per heavy atom. The predicted octanol–water partition coefficient (Wildman–Crippen LogP) is 1.05. The molecule has 20 heavy (non-hydrogen) atoms. The van der Waals surface area contributed by atoms with Crippen molar-refractivity contribution in [3.05, 3.63) is 42.5 Å². The Hall–Kier alpha value is -1.80. The van der Waals surface area contributed by atoms with E-state index in [0.717, 1.165) is 6.07 Å². The highest BCUT2D eigenvalue weighted by Gasteiger charge is 2.34. The fourth-order valence-corrected chi connectivity index (χ4v) is 3.83. The second kappa shape index (κ2) is 4.95. The first-order valence-electron chi connectivity index (χ1n) is 6.19. The first kappa shape index (κ1) is 13.2. The first-order chi connectivity index (χ1) is 9.57. The topological polar surface area (TPSA) is 68.1 Å². The van der Waals surface area contributed by atoms with Crippen molar-refractivity contribution in [2.75, 3.05) is 13.1 Å². The number of nitrogens with zero attached hydrogens (tertiary/aromatic N) is 4. The molecule has 2 heterocycles. The van der Waals surface area contributed by atoms with Gasteiger partial charge in [0.1, 0.15) is 5.82 Å². The molecule has 1 aliphatic heterocycles. The summed E-state index contributed by atoms with van der Waals surface area (Å²) in [6.07, 6.45) is 3.76. The summed E-state index contributed by atoms with van der Waals surface area (Å²) >= 11 is 0. The minimum Gasteiger partial charge on any atom is -0.207 e. The highest BCUT2D eigenvalue weighted by atomic mass is 32.2. The third-order valence-corrected chi connectivity index (χ3v) is 5.18. The Bertz CT molecular complexity index is 702. The quantitative estimate of drug-likeness (QED) is 0.849. The summed E-state index contributed by atoms with van der Waals surface area (Å²) in [5.74, 6) is -0.560. The third kappa shape index (κ3) is 2.32. The third-order valence-electron chi connectivity index (χ3n) is 3.32. The maximum absolute atomic E-state index is 13.2. The molecule has 0 N–H and O–H groups in total. The SMILES string of the molecule is O=S(=O)(c1cccc(F)c1)N1CC[C@@H](n2nccn2)C1. The molecule has 0 amide bonds. The molecule has 8 heteroatoms. The smallest absolute Gasteiger partial charge is 0.207 e. The van der Waals surface area contributed by atoms with E-state index < -0.39 is 15.8 Å². The number of aromatic nitrogens is 3. The molecule has 1 atom stereocenters. The molecular formula is C12H13FN4O2S. The summed E-state index contributed by atoms with van der Waals surface area (Å²) < 4.78 is 39.3. The summed E-state index contributed by atoms with van der Waals surface area (Å²) in [6, 6.07) is 4.98. The lowest BCUT2D eigenvalue weighted by atomic mass is 10.3. The summed E-state index contributed by atoms with van der Waals surface area (Å²) in [5.41, 5.74) is 0. The Balaban J connectivity index is 1.83. The van der Waals surface area contributed by atoms with E-state index in [-0.39, 0.29) is 10.9 Å². The fraction of sp³-hybridized carbons (Fsp3) is 0.333. The lowest BCUT2D eigenvalue weighted by molar-refractivity contribution is 0.402. The van der Waals surface area contributed by atoms with Crippen LogP contribution in [-0.4, -0.2) is 40.8 Å². The van der Waals surface area contributed by atoms with Crippen LogP contribution in [0.4, 0.5) is 4.39 Å². The molecule has 1 aromatic carbocycles. The van der Waals surface area contributed by atoms with E-state index in [2.05, 4.69) is 10.2 Å². The van der Waals surface area contributed by atoms with Gasteiger partial charge in [0.25, 0.3) is 0 Å². The summed E-state index contributed by atoms with van der Waals surface area (Å²) in [7, 11) is -3.66. The Morgan fingerprint density at radius 1 is 1.25 bits per heavy atom. The average Bonchev–Trinajstić information content (AvgIpc) is 3.10. The molecule has 0 spiro atoms. The van der Waals surface area contributed by atoms with Crippen molar-refractivity contribution in [3.8, 4) is 0 Å². The molecule has 3 rings (SSSR count). The van der Waals surface area contributed by atoms with Gasteiger partial charge in [-0.1, -0.05) is 6.07 Å². The van der Waals surface area contributed by atoms with E-state index in [1.165, 1.54) is 27.3 Å². The van der Waals surface area contributed by atoms with E-state index >= 15 is 0 Å². The number of rotatable bonds is 3. The van der Waals surface area contributed by atoms with Gasteiger partial charge in [0, 0.05) is 13.1 Å². The molecule has 1 fully saturated rings. The number of halogens is 1. The maximum atomic E-state index is 13.2. The van der Waals surface area contributed by atoms with E-state index in [0.29, 0.717) is 19.5 Å². The molecular weight excluding hydrogens is 283 g/mol. The zero-order chi connectivity index (χ0) is 14.2. The van der Waals surface area contributed by atoms with Gasteiger partial charge >= 0.3 is 0 Å². The fourth-order valence-electron chi connectivity index (χ4n) is 2.31. The van der Waals surface area contributed by atoms with Crippen LogP contribution in [0.25, 0.3) is 0 Å². The molecule has 1 saturated heterocycles. The maximum Gasteiger partial charge on any atom is 0.243 e. The van der Waals surface area contributed by atoms with Gasteiger partial charge in [-0.25, -0.2) is 12.8 Å². The van der Waals surface area contributed by atoms with Crippen molar-refractivity contribution in [3.63, 3.8) is 0 Å². The highest BCUT2D eigenvalue weighted by Crippen LogP contribution is 2.26. The minimum atomic E-state index is -3.66. The number of benzene rings is 1. The van der Waals surface area contributed by atoms with Gasteiger partial charge in [-0.15, -0.1) is 0 Å². The van der Waals surface area contributed by atoms with Gasteiger partial charge in [0.05, 0.1) is 23.3 Å². The molecule has 0 bridgehead atoms. The van der Waals surface area contributed by atoms with Gasteiger partial charge < -0.3 is 0 Å². The van der Waals surface area contributed by atoms with Gasteiger partial charge in [-0.3, -0.25) is 0 Å². The second-order valence-electron chi connectivity index (χ2n) is 4.61. The standard InChI is InChI=1S/C12H13FN4O2S/c13-10-2-1-3-12(8-10)20(18,19)16-7-4-11(9-16)17-14-5-6-15-17/h1-3,5-6,8,11H,4,7,9H2/t11-/m1/s1. The average molecular weight is 296 g/mol. The van der Waals surface area contributed by atoms with Crippen LogP contribution >= 0.6 is 0 Å². The molecule has 6 nitrogen and oxygen atoms in total. The van der Waals surface area contributed by atoms with Gasteiger partial charge in [-0.05, 0) is 24.6 Å². The summed E-state index contributed by atoms with van der Waals surface area (Å²) in [6.45, 7) is 0.679.